The van der Waals surface area contributed by atoms with E-state index in [9.17, 15) is 0 Å². The lowest BCUT2D eigenvalue weighted by atomic mass is 10.2. The van der Waals surface area contributed by atoms with Crippen LogP contribution in [0.25, 0.3) is 10.5 Å². The maximum atomic E-state index is 6.69. The standard InChI is InChI=1S/C9H6ClN/c1-7(11-2)8-3-5-9(10)6-4-8/h3-6H,1H2. The van der Waals surface area contributed by atoms with Crippen molar-refractivity contribution in [2.75, 3.05) is 0 Å². The Labute approximate surface area is 70.7 Å². The Morgan fingerprint density at radius 2 is 1.91 bits per heavy atom. The van der Waals surface area contributed by atoms with Crippen LogP contribution in [0.1, 0.15) is 5.56 Å². The summed E-state index contributed by atoms with van der Waals surface area (Å²) < 4.78 is 0. The lowest BCUT2D eigenvalue weighted by Crippen LogP contribution is -1.74. The molecule has 0 spiro atoms. The van der Waals surface area contributed by atoms with Crippen LogP contribution in [0, 0.1) is 6.57 Å². The van der Waals surface area contributed by atoms with Gasteiger partial charge in [0.15, 0.2) is 5.70 Å². The van der Waals surface area contributed by atoms with Crippen LogP contribution in [0.3, 0.4) is 0 Å². The first kappa shape index (κ1) is 7.84. The van der Waals surface area contributed by atoms with Gasteiger partial charge in [0.05, 0.1) is 6.57 Å². The van der Waals surface area contributed by atoms with Gasteiger partial charge in [-0.05, 0) is 17.7 Å². The molecule has 2 heteroatoms. The summed E-state index contributed by atoms with van der Waals surface area (Å²) in [5, 5.41) is 0.673. The third-order valence-corrected chi connectivity index (χ3v) is 1.56. The summed E-state index contributed by atoms with van der Waals surface area (Å²) in [6.45, 7) is 10.3. The molecule has 0 atom stereocenters. The predicted octanol–water partition coefficient (Wildman–Crippen LogP) is 3.23. The first-order valence-electron chi connectivity index (χ1n) is 3.06. The molecule has 54 valence electrons. The molecule has 1 rings (SSSR count). The van der Waals surface area contributed by atoms with Crippen molar-refractivity contribution >= 4 is 17.3 Å². The van der Waals surface area contributed by atoms with Gasteiger partial charge in [-0.3, -0.25) is 0 Å². The average Bonchev–Trinajstić information content (AvgIpc) is 2.05. The van der Waals surface area contributed by atoms with Crippen molar-refractivity contribution < 1.29 is 0 Å². The molecule has 1 aromatic rings. The van der Waals surface area contributed by atoms with E-state index < -0.39 is 0 Å². The van der Waals surface area contributed by atoms with Crippen LogP contribution >= 0.6 is 11.6 Å². The number of hydrogen-bond acceptors (Lipinski definition) is 0. The Hall–Kier alpha value is -1.26. The number of rotatable bonds is 1. The number of benzene rings is 1. The van der Waals surface area contributed by atoms with E-state index in [2.05, 4.69) is 11.4 Å². The third-order valence-electron chi connectivity index (χ3n) is 1.31. The van der Waals surface area contributed by atoms with Crippen molar-refractivity contribution in [1.82, 2.24) is 0 Å². The molecule has 0 aliphatic heterocycles. The summed E-state index contributed by atoms with van der Waals surface area (Å²) in [6, 6.07) is 7.05. The molecule has 0 heterocycles. The van der Waals surface area contributed by atoms with Crippen LogP contribution < -0.4 is 0 Å². The molecule has 0 unspecified atom stereocenters. The van der Waals surface area contributed by atoms with Crippen LogP contribution in [0.2, 0.25) is 5.02 Å². The first-order chi connectivity index (χ1) is 5.24. The minimum Gasteiger partial charge on any atom is -0.238 e. The third kappa shape index (κ3) is 1.83. The van der Waals surface area contributed by atoms with E-state index in [0.29, 0.717) is 10.7 Å². The SMILES string of the molecule is [C-]#[N+]C(=C)c1ccc(Cl)cc1. The molecule has 0 N–H and O–H groups in total. The van der Waals surface area contributed by atoms with Gasteiger partial charge < -0.3 is 0 Å². The van der Waals surface area contributed by atoms with Gasteiger partial charge in [0.2, 0.25) is 0 Å². The molecule has 0 fully saturated rings. The fourth-order valence-corrected chi connectivity index (χ4v) is 0.833. The van der Waals surface area contributed by atoms with Crippen LogP contribution in [-0.2, 0) is 0 Å². The Balaban J connectivity index is 3.01. The van der Waals surface area contributed by atoms with Crippen molar-refractivity contribution in [1.29, 1.82) is 0 Å². The molecular weight excluding hydrogens is 158 g/mol. The summed E-state index contributed by atoms with van der Waals surface area (Å²) in [5.41, 5.74) is 1.27. The smallest absolute Gasteiger partial charge is 0.187 e. The van der Waals surface area contributed by atoms with Gasteiger partial charge in [0.1, 0.15) is 0 Å². The van der Waals surface area contributed by atoms with Crippen LogP contribution in [0.15, 0.2) is 30.8 Å². The largest absolute Gasteiger partial charge is 0.238 e. The Morgan fingerprint density at radius 1 is 1.36 bits per heavy atom. The Kier molecular flexibility index (Phi) is 2.30. The Bertz CT molecular complexity index is 305. The molecule has 0 amide bonds. The molecule has 1 aromatic carbocycles. The lowest BCUT2D eigenvalue weighted by molar-refractivity contribution is 1.63. The zero-order valence-electron chi connectivity index (χ0n) is 5.84. The lowest BCUT2D eigenvalue weighted by Gasteiger charge is -1.95. The predicted molar refractivity (Wildman–Crippen MR) is 47.1 cm³/mol. The van der Waals surface area contributed by atoms with Gasteiger partial charge in [0.25, 0.3) is 0 Å². The summed E-state index contributed by atoms with van der Waals surface area (Å²) in [6.07, 6.45) is 0. The normalized spacial score (nSPS) is 8.73. The number of halogens is 1. The summed E-state index contributed by atoms with van der Waals surface area (Å²) >= 11 is 5.65. The highest BCUT2D eigenvalue weighted by Gasteiger charge is 1.95. The van der Waals surface area contributed by atoms with Gasteiger partial charge in [-0.2, -0.15) is 0 Å². The fraction of sp³-hybridized carbons (Fsp3) is 0. The fourth-order valence-electron chi connectivity index (χ4n) is 0.707. The molecule has 0 aromatic heterocycles. The second-order valence-corrected chi connectivity index (χ2v) is 2.50. The molecule has 11 heavy (non-hydrogen) atoms. The quantitative estimate of drug-likeness (QED) is 0.560. The molecule has 0 aliphatic rings. The van der Waals surface area contributed by atoms with E-state index in [4.69, 9.17) is 18.2 Å². The van der Waals surface area contributed by atoms with E-state index in [1.807, 2.05) is 0 Å². The van der Waals surface area contributed by atoms with Crippen LogP contribution in [0.4, 0.5) is 0 Å². The van der Waals surface area contributed by atoms with E-state index >= 15 is 0 Å². The highest BCUT2D eigenvalue weighted by molar-refractivity contribution is 6.30. The second kappa shape index (κ2) is 3.23. The molecular formula is C9H6ClN. The van der Waals surface area contributed by atoms with Crippen molar-refractivity contribution in [3.8, 4) is 0 Å². The maximum Gasteiger partial charge on any atom is 0.187 e. The summed E-state index contributed by atoms with van der Waals surface area (Å²) in [4.78, 5) is 3.20. The molecule has 1 nitrogen and oxygen atoms in total. The van der Waals surface area contributed by atoms with Gasteiger partial charge in [-0.15, -0.1) is 0 Å². The molecule has 0 bridgehead atoms. The second-order valence-electron chi connectivity index (χ2n) is 2.07. The molecule has 0 aliphatic carbocycles. The topological polar surface area (TPSA) is 4.36 Å². The molecule has 0 radical (unpaired) electrons. The minimum atomic E-state index is 0.446. The zero-order valence-corrected chi connectivity index (χ0v) is 6.60. The molecule has 0 saturated carbocycles. The van der Waals surface area contributed by atoms with Crippen LogP contribution in [-0.4, -0.2) is 0 Å². The van der Waals surface area contributed by atoms with Gasteiger partial charge in [-0.25, -0.2) is 4.85 Å². The monoisotopic (exact) mass is 163 g/mol. The van der Waals surface area contributed by atoms with Crippen molar-refractivity contribution in [3.05, 3.63) is 52.8 Å². The maximum absolute atomic E-state index is 6.69. The summed E-state index contributed by atoms with van der Waals surface area (Å²) in [5.74, 6) is 0. The van der Waals surface area contributed by atoms with E-state index in [-0.39, 0.29) is 0 Å². The number of hydrogen-bond donors (Lipinski definition) is 0. The average molecular weight is 164 g/mol. The van der Waals surface area contributed by atoms with Crippen molar-refractivity contribution in [3.63, 3.8) is 0 Å². The van der Waals surface area contributed by atoms with Gasteiger partial charge >= 0.3 is 0 Å². The van der Waals surface area contributed by atoms with E-state index in [1.165, 1.54) is 0 Å². The summed E-state index contributed by atoms with van der Waals surface area (Å²) in [7, 11) is 0. The van der Waals surface area contributed by atoms with E-state index in [0.717, 1.165) is 5.56 Å². The van der Waals surface area contributed by atoms with Crippen molar-refractivity contribution in [2.24, 2.45) is 0 Å². The Morgan fingerprint density at radius 3 is 2.36 bits per heavy atom. The van der Waals surface area contributed by atoms with Gasteiger partial charge in [0, 0.05) is 5.02 Å². The highest BCUT2D eigenvalue weighted by Crippen LogP contribution is 2.16. The molecule has 0 saturated heterocycles. The van der Waals surface area contributed by atoms with Crippen molar-refractivity contribution in [2.45, 2.75) is 0 Å². The van der Waals surface area contributed by atoms with E-state index in [1.54, 1.807) is 24.3 Å². The first-order valence-corrected chi connectivity index (χ1v) is 3.44. The van der Waals surface area contributed by atoms with Gasteiger partial charge in [-0.1, -0.05) is 30.3 Å². The minimum absolute atomic E-state index is 0.446. The zero-order chi connectivity index (χ0) is 8.27. The van der Waals surface area contributed by atoms with Crippen LogP contribution in [0.5, 0.6) is 0 Å². The number of nitrogens with zero attached hydrogens (tertiary/aromatic N) is 1. The highest BCUT2D eigenvalue weighted by atomic mass is 35.5.